The molecule has 0 bridgehead atoms. The molecule has 1 heterocycles. The first-order valence-electron chi connectivity index (χ1n) is 6.89. The minimum Gasteiger partial charge on any atom is -0.392 e. The summed E-state index contributed by atoms with van der Waals surface area (Å²) in [6.45, 7) is 3.45. The standard InChI is InChI=1S/C15H23ClN2O/c1-17-7-5-12(6-8-17)10-18(2)15-4-3-14(16)9-13(15)11-19/h3-4,9,12,19H,5-8,10-11H2,1-2H3. The van der Waals surface area contributed by atoms with Gasteiger partial charge < -0.3 is 14.9 Å². The lowest BCUT2D eigenvalue weighted by Crippen LogP contribution is -2.36. The van der Waals surface area contributed by atoms with Gasteiger partial charge in [0.05, 0.1) is 6.61 Å². The van der Waals surface area contributed by atoms with Crippen LogP contribution in [-0.2, 0) is 6.61 Å². The number of nitrogens with zero attached hydrogens (tertiary/aromatic N) is 2. The number of rotatable bonds is 4. The Balaban J connectivity index is 2.01. The van der Waals surface area contributed by atoms with Gasteiger partial charge in [-0.1, -0.05) is 11.6 Å². The first-order valence-corrected chi connectivity index (χ1v) is 7.27. The molecule has 19 heavy (non-hydrogen) atoms. The molecular weight excluding hydrogens is 260 g/mol. The second-order valence-corrected chi connectivity index (χ2v) is 5.99. The Kier molecular flexibility index (Phi) is 5.08. The number of hydrogen-bond donors (Lipinski definition) is 1. The number of halogens is 1. The van der Waals surface area contributed by atoms with E-state index in [0.717, 1.165) is 23.7 Å². The molecule has 0 unspecified atom stereocenters. The molecule has 4 heteroatoms. The van der Waals surface area contributed by atoms with E-state index in [0.29, 0.717) is 5.02 Å². The van der Waals surface area contributed by atoms with Gasteiger partial charge in [-0.25, -0.2) is 0 Å². The normalized spacial score (nSPS) is 17.7. The van der Waals surface area contributed by atoms with Crippen LogP contribution in [0, 0.1) is 5.92 Å². The van der Waals surface area contributed by atoms with Crippen molar-refractivity contribution in [2.45, 2.75) is 19.4 Å². The van der Waals surface area contributed by atoms with Crippen LogP contribution in [0.3, 0.4) is 0 Å². The van der Waals surface area contributed by atoms with Crippen LogP contribution in [0.4, 0.5) is 5.69 Å². The zero-order valence-electron chi connectivity index (χ0n) is 11.8. The molecule has 0 amide bonds. The van der Waals surface area contributed by atoms with Crippen molar-refractivity contribution in [1.82, 2.24) is 4.90 Å². The van der Waals surface area contributed by atoms with E-state index in [1.807, 2.05) is 18.2 Å². The largest absolute Gasteiger partial charge is 0.392 e. The Morgan fingerprint density at radius 2 is 2.05 bits per heavy atom. The van der Waals surface area contributed by atoms with E-state index in [2.05, 4.69) is 23.9 Å². The lowest BCUT2D eigenvalue weighted by atomic mass is 9.96. The maximum Gasteiger partial charge on any atom is 0.0702 e. The van der Waals surface area contributed by atoms with Crippen LogP contribution in [0.2, 0.25) is 5.02 Å². The molecular formula is C15H23ClN2O. The van der Waals surface area contributed by atoms with Crippen molar-refractivity contribution in [1.29, 1.82) is 0 Å². The summed E-state index contributed by atoms with van der Waals surface area (Å²) < 4.78 is 0. The van der Waals surface area contributed by atoms with Gasteiger partial charge in [-0.15, -0.1) is 0 Å². The molecule has 1 N–H and O–H groups in total. The zero-order chi connectivity index (χ0) is 13.8. The van der Waals surface area contributed by atoms with Crippen LogP contribution < -0.4 is 4.90 Å². The molecule has 1 aliphatic rings. The van der Waals surface area contributed by atoms with Gasteiger partial charge in [0.2, 0.25) is 0 Å². The molecule has 0 spiro atoms. The van der Waals surface area contributed by atoms with Crippen LogP contribution in [-0.4, -0.2) is 43.7 Å². The van der Waals surface area contributed by atoms with Crippen molar-refractivity contribution >= 4 is 17.3 Å². The summed E-state index contributed by atoms with van der Waals surface area (Å²) >= 11 is 5.97. The van der Waals surface area contributed by atoms with Gasteiger partial charge in [-0.3, -0.25) is 0 Å². The van der Waals surface area contributed by atoms with E-state index in [4.69, 9.17) is 11.6 Å². The van der Waals surface area contributed by atoms with Crippen LogP contribution in [0.25, 0.3) is 0 Å². The molecule has 0 radical (unpaired) electrons. The average Bonchev–Trinajstić information content (AvgIpc) is 2.41. The minimum atomic E-state index is 0.0354. The third-order valence-corrected chi connectivity index (χ3v) is 4.23. The van der Waals surface area contributed by atoms with Crippen molar-refractivity contribution in [2.24, 2.45) is 5.92 Å². The van der Waals surface area contributed by atoms with Gasteiger partial charge in [-0.05, 0) is 57.1 Å². The first-order chi connectivity index (χ1) is 9.10. The molecule has 1 saturated heterocycles. The Morgan fingerprint density at radius 1 is 1.37 bits per heavy atom. The van der Waals surface area contributed by atoms with E-state index in [9.17, 15) is 5.11 Å². The third kappa shape index (κ3) is 3.85. The van der Waals surface area contributed by atoms with E-state index < -0.39 is 0 Å². The highest BCUT2D eigenvalue weighted by Gasteiger charge is 2.19. The monoisotopic (exact) mass is 282 g/mol. The number of benzene rings is 1. The molecule has 0 aromatic heterocycles. The number of anilines is 1. The Labute approximate surface area is 120 Å². The van der Waals surface area contributed by atoms with E-state index >= 15 is 0 Å². The lowest BCUT2D eigenvalue weighted by Gasteiger charge is -2.33. The fourth-order valence-corrected chi connectivity index (χ4v) is 2.98. The number of hydrogen-bond acceptors (Lipinski definition) is 3. The lowest BCUT2D eigenvalue weighted by molar-refractivity contribution is 0.222. The fourth-order valence-electron chi connectivity index (χ4n) is 2.78. The summed E-state index contributed by atoms with van der Waals surface area (Å²) in [6.07, 6.45) is 2.51. The van der Waals surface area contributed by atoms with Gasteiger partial charge in [0.1, 0.15) is 0 Å². The van der Waals surface area contributed by atoms with Gasteiger partial charge in [0, 0.05) is 29.9 Å². The number of aliphatic hydroxyl groups excluding tert-OH is 1. The summed E-state index contributed by atoms with van der Waals surface area (Å²) in [7, 11) is 4.28. The quantitative estimate of drug-likeness (QED) is 0.920. The van der Waals surface area contributed by atoms with E-state index in [1.165, 1.54) is 25.9 Å². The Bertz CT molecular complexity index is 417. The van der Waals surface area contributed by atoms with Gasteiger partial charge in [0.25, 0.3) is 0 Å². The molecule has 106 valence electrons. The fraction of sp³-hybridized carbons (Fsp3) is 0.600. The van der Waals surface area contributed by atoms with Crippen molar-refractivity contribution in [2.75, 3.05) is 38.6 Å². The molecule has 1 aliphatic heterocycles. The number of aliphatic hydroxyl groups is 1. The van der Waals surface area contributed by atoms with Crippen LogP contribution in [0.1, 0.15) is 18.4 Å². The smallest absolute Gasteiger partial charge is 0.0702 e. The summed E-state index contributed by atoms with van der Waals surface area (Å²) in [5.41, 5.74) is 1.99. The van der Waals surface area contributed by atoms with E-state index in [-0.39, 0.29) is 6.61 Å². The predicted molar refractivity (Wildman–Crippen MR) is 80.9 cm³/mol. The summed E-state index contributed by atoms with van der Waals surface area (Å²) in [5, 5.41) is 10.1. The highest BCUT2D eigenvalue weighted by Crippen LogP contribution is 2.26. The van der Waals surface area contributed by atoms with Gasteiger partial charge in [-0.2, -0.15) is 0 Å². The van der Waals surface area contributed by atoms with Crippen molar-refractivity contribution < 1.29 is 5.11 Å². The topological polar surface area (TPSA) is 26.7 Å². The van der Waals surface area contributed by atoms with E-state index in [1.54, 1.807) is 0 Å². The second-order valence-electron chi connectivity index (χ2n) is 5.56. The number of likely N-dealkylation sites (tertiary alicyclic amines) is 1. The zero-order valence-corrected chi connectivity index (χ0v) is 12.5. The van der Waals surface area contributed by atoms with Gasteiger partial charge in [0.15, 0.2) is 0 Å². The molecule has 0 aliphatic carbocycles. The summed E-state index contributed by atoms with van der Waals surface area (Å²) in [4.78, 5) is 4.63. The Hall–Kier alpha value is -0.770. The number of piperidine rings is 1. The summed E-state index contributed by atoms with van der Waals surface area (Å²) in [6, 6.07) is 5.74. The van der Waals surface area contributed by atoms with Gasteiger partial charge >= 0.3 is 0 Å². The molecule has 1 fully saturated rings. The van der Waals surface area contributed by atoms with Crippen molar-refractivity contribution in [3.8, 4) is 0 Å². The third-order valence-electron chi connectivity index (χ3n) is 3.99. The molecule has 3 nitrogen and oxygen atoms in total. The SMILES string of the molecule is CN1CCC(CN(C)c2ccc(Cl)cc2CO)CC1. The molecule has 2 rings (SSSR count). The minimum absolute atomic E-state index is 0.0354. The molecule has 1 aromatic rings. The molecule has 0 atom stereocenters. The average molecular weight is 283 g/mol. The Morgan fingerprint density at radius 3 is 2.68 bits per heavy atom. The predicted octanol–water partition coefficient (Wildman–Crippen LogP) is 2.61. The highest BCUT2D eigenvalue weighted by molar-refractivity contribution is 6.30. The first kappa shape index (κ1) is 14.6. The second kappa shape index (κ2) is 6.60. The maximum absolute atomic E-state index is 9.44. The van der Waals surface area contributed by atoms with Crippen molar-refractivity contribution in [3.05, 3.63) is 28.8 Å². The van der Waals surface area contributed by atoms with Crippen LogP contribution in [0.5, 0.6) is 0 Å². The summed E-state index contributed by atoms with van der Waals surface area (Å²) in [5.74, 6) is 0.739. The van der Waals surface area contributed by atoms with Crippen molar-refractivity contribution in [3.63, 3.8) is 0 Å². The highest BCUT2D eigenvalue weighted by atomic mass is 35.5. The molecule has 0 saturated carbocycles. The molecule has 1 aromatic carbocycles. The maximum atomic E-state index is 9.44. The van der Waals surface area contributed by atoms with Crippen LogP contribution in [0.15, 0.2) is 18.2 Å². The van der Waals surface area contributed by atoms with Crippen LogP contribution >= 0.6 is 11.6 Å².